The van der Waals surface area contributed by atoms with Crippen LogP contribution < -0.4 is 9.47 Å². The van der Waals surface area contributed by atoms with E-state index in [1.165, 1.54) is 33.4 Å². The Hall–Kier alpha value is -3.33. The van der Waals surface area contributed by atoms with E-state index < -0.39 is 0 Å². The van der Waals surface area contributed by atoms with Gasteiger partial charge in [-0.2, -0.15) is 0 Å². The Bertz CT molecular complexity index is 1250. The van der Waals surface area contributed by atoms with Gasteiger partial charge in [0.1, 0.15) is 0 Å². The first-order chi connectivity index (χ1) is 14.7. The van der Waals surface area contributed by atoms with Gasteiger partial charge in [-0.25, -0.2) is 0 Å². The maximum atomic E-state index is 5.53. The van der Waals surface area contributed by atoms with Crippen molar-refractivity contribution in [1.82, 2.24) is 4.98 Å². The smallest absolute Gasteiger partial charge is 0.161 e. The second-order valence-corrected chi connectivity index (χ2v) is 7.87. The second-order valence-electron chi connectivity index (χ2n) is 7.87. The number of nitrogens with zero attached hydrogens (tertiary/aromatic N) is 1. The Labute approximate surface area is 177 Å². The molecule has 150 valence electrons. The summed E-state index contributed by atoms with van der Waals surface area (Å²) >= 11 is 0. The lowest BCUT2D eigenvalue weighted by Gasteiger charge is -2.13. The van der Waals surface area contributed by atoms with E-state index in [0.717, 1.165) is 35.1 Å². The third kappa shape index (κ3) is 2.93. The van der Waals surface area contributed by atoms with E-state index in [0.29, 0.717) is 5.92 Å². The molecule has 5 rings (SSSR count). The third-order valence-electron chi connectivity index (χ3n) is 6.27. The van der Waals surface area contributed by atoms with E-state index in [1.54, 1.807) is 14.2 Å². The summed E-state index contributed by atoms with van der Waals surface area (Å²) in [6.45, 7) is 2.27. The largest absolute Gasteiger partial charge is 0.493 e. The van der Waals surface area contributed by atoms with E-state index >= 15 is 0 Å². The molecule has 0 saturated heterocycles. The summed E-state index contributed by atoms with van der Waals surface area (Å²) in [5.41, 5.74) is 8.14. The fourth-order valence-corrected chi connectivity index (χ4v) is 4.82. The summed E-state index contributed by atoms with van der Waals surface area (Å²) < 4.78 is 11.0. The summed E-state index contributed by atoms with van der Waals surface area (Å²) in [7, 11) is 3.33. The highest BCUT2D eigenvalue weighted by molar-refractivity contribution is 5.88. The average Bonchev–Trinajstić information content (AvgIpc) is 3.11. The monoisotopic (exact) mass is 395 g/mol. The molecular formula is C27H25NO2. The number of methoxy groups -OCH3 is 2. The number of hydrogen-bond acceptors (Lipinski definition) is 3. The quantitative estimate of drug-likeness (QED) is 0.394. The molecule has 1 atom stereocenters. The lowest BCUT2D eigenvalue weighted by Crippen LogP contribution is -1.96. The lowest BCUT2D eigenvalue weighted by atomic mass is 9.93. The molecule has 3 nitrogen and oxygen atoms in total. The molecule has 1 aliphatic carbocycles. The van der Waals surface area contributed by atoms with Crippen molar-refractivity contribution in [3.63, 3.8) is 0 Å². The fourth-order valence-electron chi connectivity index (χ4n) is 4.82. The van der Waals surface area contributed by atoms with E-state index in [1.807, 2.05) is 18.5 Å². The Kier molecular flexibility index (Phi) is 4.66. The predicted molar refractivity (Wildman–Crippen MR) is 122 cm³/mol. The van der Waals surface area contributed by atoms with Crippen molar-refractivity contribution in [3.8, 4) is 22.6 Å². The molecular weight excluding hydrogens is 370 g/mol. The number of fused-ring (bicyclic) bond motifs is 4. The molecule has 0 aliphatic heterocycles. The Morgan fingerprint density at radius 1 is 0.833 bits per heavy atom. The first kappa shape index (κ1) is 18.7. The Morgan fingerprint density at radius 3 is 2.40 bits per heavy atom. The van der Waals surface area contributed by atoms with E-state index in [4.69, 9.17) is 9.47 Å². The Balaban J connectivity index is 1.58. The van der Waals surface area contributed by atoms with E-state index in [9.17, 15) is 0 Å². The molecule has 0 spiro atoms. The summed E-state index contributed by atoms with van der Waals surface area (Å²) in [6.07, 6.45) is 5.79. The van der Waals surface area contributed by atoms with Gasteiger partial charge in [-0.1, -0.05) is 49.4 Å². The van der Waals surface area contributed by atoms with Gasteiger partial charge in [-0.3, -0.25) is 4.98 Å². The molecule has 3 heteroatoms. The number of pyridine rings is 1. The fraction of sp³-hybridized carbons (Fsp3) is 0.222. The minimum Gasteiger partial charge on any atom is -0.493 e. The van der Waals surface area contributed by atoms with Crippen molar-refractivity contribution in [1.29, 1.82) is 0 Å². The van der Waals surface area contributed by atoms with Crippen LogP contribution in [0, 0.1) is 0 Å². The van der Waals surface area contributed by atoms with Crippen LogP contribution in [0.4, 0.5) is 0 Å². The van der Waals surface area contributed by atoms with Crippen LogP contribution in [0.3, 0.4) is 0 Å². The number of benzene rings is 3. The van der Waals surface area contributed by atoms with E-state index in [-0.39, 0.29) is 0 Å². The topological polar surface area (TPSA) is 31.4 Å². The standard InChI is InChI=1S/C27H25NO2/c1-4-20-21-7-5-6-8-22(21)25-12-17(9-10-23(20)25)11-18-15-28-16-19-13-26(29-2)27(30-3)14-24(18)19/h5-10,12-16,20H,4,11H2,1-3H3. The van der Waals surface area contributed by atoms with Crippen LogP contribution in [-0.4, -0.2) is 19.2 Å². The molecule has 30 heavy (non-hydrogen) atoms. The van der Waals surface area contributed by atoms with Gasteiger partial charge in [0.15, 0.2) is 11.5 Å². The summed E-state index contributed by atoms with van der Waals surface area (Å²) in [5.74, 6) is 1.97. The van der Waals surface area contributed by atoms with Crippen LogP contribution in [0.25, 0.3) is 21.9 Å². The molecule has 1 aromatic heterocycles. The molecule has 3 aromatic carbocycles. The first-order valence-electron chi connectivity index (χ1n) is 10.4. The maximum absolute atomic E-state index is 5.53. The Morgan fingerprint density at radius 2 is 1.60 bits per heavy atom. The van der Waals surface area contributed by atoms with Gasteiger partial charge in [-0.05, 0) is 63.7 Å². The number of rotatable bonds is 5. The van der Waals surface area contributed by atoms with Crippen molar-refractivity contribution in [3.05, 3.63) is 89.2 Å². The van der Waals surface area contributed by atoms with Crippen molar-refractivity contribution in [2.75, 3.05) is 14.2 Å². The highest BCUT2D eigenvalue weighted by atomic mass is 16.5. The van der Waals surface area contributed by atoms with Gasteiger partial charge >= 0.3 is 0 Å². The van der Waals surface area contributed by atoms with Crippen LogP contribution >= 0.6 is 0 Å². The SMILES string of the molecule is CCC1c2ccccc2-c2cc(Cc3cncc4cc(OC)c(OC)cc34)ccc21. The van der Waals surface area contributed by atoms with Gasteiger partial charge in [0.25, 0.3) is 0 Å². The highest BCUT2D eigenvalue weighted by Crippen LogP contribution is 2.46. The van der Waals surface area contributed by atoms with Crippen LogP contribution in [0.2, 0.25) is 0 Å². The number of hydrogen-bond donors (Lipinski definition) is 0. The minimum absolute atomic E-state index is 0.501. The second kappa shape index (κ2) is 7.49. The zero-order chi connectivity index (χ0) is 20.7. The van der Waals surface area contributed by atoms with Crippen LogP contribution in [0.15, 0.2) is 67.0 Å². The van der Waals surface area contributed by atoms with Gasteiger partial charge in [-0.15, -0.1) is 0 Å². The number of ether oxygens (including phenoxy) is 2. The van der Waals surface area contributed by atoms with Crippen LogP contribution in [0.1, 0.15) is 41.5 Å². The molecule has 4 aromatic rings. The van der Waals surface area contributed by atoms with Gasteiger partial charge in [0.2, 0.25) is 0 Å². The maximum Gasteiger partial charge on any atom is 0.161 e. The predicted octanol–water partition coefficient (Wildman–Crippen LogP) is 6.37. The summed E-state index contributed by atoms with van der Waals surface area (Å²) in [6, 6.07) is 19.8. The lowest BCUT2D eigenvalue weighted by molar-refractivity contribution is 0.356. The normalized spacial score (nSPS) is 14.4. The average molecular weight is 396 g/mol. The zero-order valence-corrected chi connectivity index (χ0v) is 17.6. The van der Waals surface area contributed by atoms with Crippen LogP contribution in [-0.2, 0) is 6.42 Å². The first-order valence-corrected chi connectivity index (χ1v) is 10.4. The van der Waals surface area contributed by atoms with Crippen molar-refractivity contribution >= 4 is 10.8 Å². The molecule has 0 bridgehead atoms. The van der Waals surface area contributed by atoms with Crippen molar-refractivity contribution in [2.24, 2.45) is 0 Å². The highest BCUT2D eigenvalue weighted by Gasteiger charge is 2.27. The molecule has 0 fully saturated rings. The molecule has 0 N–H and O–H groups in total. The zero-order valence-electron chi connectivity index (χ0n) is 17.6. The molecule has 1 aliphatic rings. The van der Waals surface area contributed by atoms with Crippen LogP contribution in [0.5, 0.6) is 11.5 Å². The van der Waals surface area contributed by atoms with E-state index in [2.05, 4.69) is 60.4 Å². The van der Waals surface area contributed by atoms with Crippen molar-refractivity contribution in [2.45, 2.75) is 25.7 Å². The molecule has 0 amide bonds. The number of aromatic nitrogens is 1. The molecule has 0 saturated carbocycles. The van der Waals surface area contributed by atoms with Gasteiger partial charge in [0.05, 0.1) is 14.2 Å². The molecule has 0 radical (unpaired) electrons. The van der Waals surface area contributed by atoms with Gasteiger partial charge < -0.3 is 9.47 Å². The third-order valence-corrected chi connectivity index (χ3v) is 6.27. The van der Waals surface area contributed by atoms with Crippen molar-refractivity contribution < 1.29 is 9.47 Å². The summed E-state index contributed by atoms with van der Waals surface area (Å²) in [4.78, 5) is 4.48. The summed E-state index contributed by atoms with van der Waals surface area (Å²) in [5, 5.41) is 2.21. The molecule has 1 heterocycles. The molecule has 1 unspecified atom stereocenters. The minimum atomic E-state index is 0.501. The van der Waals surface area contributed by atoms with Gasteiger partial charge in [0, 0.05) is 23.7 Å².